The molecule has 27 heavy (non-hydrogen) atoms. The van der Waals surface area contributed by atoms with E-state index in [9.17, 15) is 9.59 Å². The standard InChI is InChI=1S/C21H28N4O2/c1-24(16-7-3-2-4-8-16)20(26)14-25-18-10-6-5-9-17(18)23-19(25)13-22-21(27)15-11-12-15/h5-6,9-10,15-16H,2-4,7-8,11-14H2,1H3,(H,22,27). The minimum atomic E-state index is 0.0965. The Bertz CT molecular complexity index is 834. The molecule has 2 fully saturated rings. The summed E-state index contributed by atoms with van der Waals surface area (Å²) in [6, 6.07) is 8.19. The highest BCUT2D eigenvalue weighted by molar-refractivity contribution is 5.82. The van der Waals surface area contributed by atoms with Crippen LogP contribution >= 0.6 is 0 Å². The lowest BCUT2D eigenvalue weighted by atomic mass is 9.94. The van der Waals surface area contributed by atoms with Gasteiger partial charge in [-0.1, -0.05) is 31.4 Å². The van der Waals surface area contributed by atoms with Gasteiger partial charge in [0, 0.05) is 19.0 Å². The molecule has 4 rings (SSSR count). The lowest BCUT2D eigenvalue weighted by Crippen LogP contribution is -2.40. The Labute approximate surface area is 159 Å². The second-order valence-electron chi connectivity index (χ2n) is 7.89. The molecule has 0 bridgehead atoms. The summed E-state index contributed by atoms with van der Waals surface area (Å²) in [5, 5.41) is 2.98. The zero-order valence-corrected chi connectivity index (χ0v) is 16.0. The first-order valence-electron chi connectivity index (χ1n) is 10.1. The van der Waals surface area contributed by atoms with Crippen LogP contribution in [-0.2, 0) is 22.7 Å². The number of fused-ring (bicyclic) bond motifs is 1. The molecule has 0 unspecified atom stereocenters. The van der Waals surface area contributed by atoms with Crippen molar-refractivity contribution >= 4 is 22.8 Å². The highest BCUT2D eigenvalue weighted by Crippen LogP contribution is 2.29. The summed E-state index contributed by atoms with van der Waals surface area (Å²) < 4.78 is 1.96. The van der Waals surface area contributed by atoms with Crippen LogP contribution in [0, 0.1) is 5.92 Å². The quantitative estimate of drug-likeness (QED) is 0.852. The first kappa shape index (κ1) is 18.0. The molecular weight excluding hydrogens is 340 g/mol. The third kappa shape index (κ3) is 3.99. The highest BCUT2D eigenvalue weighted by atomic mass is 16.2. The number of para-hydroxylation sites is 2. The number of carbonyl (C=O) groups is 2. The lowest BCUT2D eigenvalue weighted by molar-refractivity contribution is -0.133. The predicted octanol–water partition coefficient (Wildman–Crippen LogP) is 2.85. The zero-order valence-electron chi connectivity index (χ0n) is 16.0. The Morgan fingerprint density at radius 2 is 1.89 bits per heavy atom. The molecule has 6 nitrogen and oxygen atoms in total. The highest BCUT2D eigenvalue weighted by Gasteiger charge is 2.30. The van der Waals surface area contributed by atoms with E-state index in [1.54, 1.807) is 0 Å². The summed E-state index contributed by atoms with van der Waals surface area (Å²) in [6.07, 6.45) is 7.83. The Kier molecular flexibility index (Phi) is 5.14. The number of benzene rings is 1. The molecule has 1 aromatic carbocycles. The molecule has 2 aromatic rings. The third-order valence-electron chi connectivity index (χ3n) is 5.91. The summed E-state index contributed by atoms with van der Waals surface area (Å²) in [4.78, 5) is 31.6. The normalized spacial score (nSPS) is 17.8. The van der Waals surface area contributed by atoms with Crippen molar-refractivity contribution in [3.63, 3.8) is 0 Å². The molecule has 0 spiro atoms. The Morgan fingerprint density at radius 1 is 1.15 bits per heavy atom. The van der Waals surface area contributed by atoms with Crippen LogP contribution < -0.4 is 5.32 Å². The maximum Gasteiger partial charge on any atom is 0.242 e. The van der Waals surface area contributed by atoms with Gasteiger partial charge in [-0.25, -0.2) is 4.98 Å². The molecule has 2 aliphatic rings. The predicted molar refractivity (Wildman–Crippen MR) is 104 cm³/mol. The van der Waals surface area contributed by atoms with Crippen LogP contribution in [0.2, 0.25) is 0 Å². The first-order chi connectivity index (χ1) is 13.1. The molecule has 0 radical (unpaired) electrons. The van der Waals surface area contributed by atoms with Crippen LogP contribution in [-0.4, -0.2) is 39.4 Å². The largest absolute Gasteiger partial charge is 0.349 e. The molecule has 2 saturated carbocycles. The Morgan fingerprint density at radius 3 is 2.63 bits per heavy atom. The lowest BCUT2D eigenvalue weighted by Gasteiger charge is -2.31. The summed E-state index contributed by atoms with van der Waals surface area (Å²) in [5.74, 6) is 1.12. The van der Waals surface area contributed by atoms with Crippen molar-refractivity contribution in [2.24, 2.45) is 5.92 Å². The number of carbonyl (C=O) groups excluding carboxylic acids is 2. The number of nitrogens with zero attached hydrogens (tertiary/aromatic N) is 3. The van der Waals surface area contributed by atoms with Gasteiger partial charge in [0.05, 0.1) is 17.6 Å². The number of aromatic nitrogens is 2. The van der Waals surface area contributed by atoms with Crippen LogP contribution in [0.4, 0.5) is 0 Å². The molecule has 144 valence electrons. The Balaban J connectivity index is 1.52. The molecule has 0 atom stereocenters. The third-order valence-corrected chi connectivity index (χ3v) is 5.91. The number of rotatable bonds is 6. The SMILES string of the molecule is CN(C(=O)Cn1c(CNC(=O)C2CC2)nc2ccccc21)C1CCCCC1. The summed E-state index contributed by atoms with van der Waals surface area (Å²) in [7, 11) is 1.92. The van der Waals surface area contributed by atoms with Gasteiger partial charge in [0.15, 0.2) is 0 Å². The molecule has 6 heteroatoms. The number of amides is 2. The van der Waals surface area contributed by atoms with Gasteiger partial charge in [0.25, 0.3) is 0 Å². The summed E-state index contributed by atoms with van der Waals surface area (Å²) >= 11 is 0. The van der Waals surface area contributed by atoms with E-state index in [4.69, 9.17) is 0 Å². The van der Waals surface area contributed by atoms with Crippen molar-refractivity contribution in [3.8, 4) is 0 Å². The van der Waals surface area contributed by atoms with Crippen molar-refractivity contribution in [2.75, 3.05) is 7.05 Å². The smallest absolute Gasteiger partial charge is 0.242 e. The van der Waals surface area contributed by atoms with Crippen LogP contribution in [0.15, 0.2) is 24.3 Å². The fourth-order valence-corrected chi connectivity index (χ4v) is 4.01. The molecule has 1 aromatic heterocycles. The van der Waals surface area contributed by atoms with Gasteiger partial charge in [-0.15, -0.1) is 0 Å². The molecule has 0 saturated heterocycles. The first-order valence-corrected chi connectivity index (χ1v) is 10.1. The monoisotopic (exact) mass is 368 g/mol. The zero-order chi connectivity index (χ0) is 18.8. The van der Waals surface area contributed by atoms with E-state index in [0.29, 0.717) is 12.6 Å². The molecule has 2 amide bonds. The van der Waals surface area contributed by atoms with Gasteiger partial charge >= 0.3 is 0 Å². The average Bonchev–Trinajstić information content (AvgIpc) is 3.50. The van der Waals surface area contributed by atoms with Gasteiger partial charge < -0.3 is 14.8 Å². The molecule has 1 heterocycles. The van der Waals surface area contributed by atoms with Crippen molar-refractivity contribution in [3.05, 3.63) is 30.1 Å². The van der Waals surface area contributed by atoms with Gasteiger partial charge in [-0.2, -0.15) is 0 Å². The molecule has 1 N–H and O–H groups in total. The fraction of sp³-hybridized carbons (Fsp3) is 0.571. The molecule has 2 aliphatic carbocycles. The number of nitrogens with one attached hydrogen (secondary N) is 1. The average molecular weight is 368 g/mol. The van der Waals surface area contributed by atoms with E-state index in [-0.39, 0.29) is 24.3 Å². The van der Waals surface area contributed by atoms with E-state index in [1.807, 2.05) is 40.8 Å². The minimum absolute atomic E-state index is 0.0965. The Hall–Kier alpha value is -2.37. The van der Waals surface area contributed by atoms with Crippen molar-refractivity contribution in [1.82, 2.24) is 19.8 Å². The number of likely N-dealkylation sites (N-methyl/N-ethyl adjacent to an activating group) is 1. The molecule has 0 aliphatic heterocycles. The second-order valence-corrected chi connectivity index (χ2v) is 7.89. The summed E-state index contributed by atoms with van der Waals surface area (Å²) in [5.41, 5.74) is 1.81. The fourth-order valence-electron chi connectivity index (χ4n) is 4.01. The second kappa shape index (κ2) is 7.71. The van der Waals surface area contributed by atoms with Crippen LogP contribution in [0.3, 0.4) is 0 Å². The van der Waals surface area contributed by atoms with Gasteiger partial charge in [0.2, 0.25) is 11.8 Å². The van der Waals surface area contributed by atoms with E-state index in [0.717, 1.165) is 42.5 Å². The van der Waals surface area contributed by atoms with E-state index >= 15 is 0 Å². The van der Waals surface area contributed by atoms with Gasteiger partial charge in [-0.3, -0.25) is 9.59 Å². The number of imidazole rings is 1. The maximum absolute atomic E-state index is 13.0. The number of hydrogen-bond acceptors (Lipinski definition) is 3. The summed E-state index contributed by atoms with van der Waals surface area (Å²) in [6.45, 7) is 0.632. The van der Waals surface area contributed by atoms with E-state index in [2.05, 4.69) is 10.3 Å². The van der Waals surface area contributed by atoms with Crippen molar-refractivity contribution in [2.45, 2.75) is 64.1 Å². The minimum Gasteiger partial charge on any atom is -0.349 e. The van der Waals surface area contributed by atoms with E-state index < -0.39 is 0 Å². The van der Waals surface area contributed by atoms with Crippen LogP contribution in [0.5, 0.6) is 0 Å². The van der Waals surface area contributed by atoms with Crippen LogP contribution in [0.1, 0.15) is 50.8 Å². The van der Waals surface area contributed by atoms with Crippen molar-refractivity contribution in [1.29, 1.82) is 0 Å². The number of hydrogen-bond donors (Lipinski definition) is 1. The van der Waals surface area contributed by atoms with Crippen LogP contribution in [0.25, 0.3) is 11.0 Å². The van der Waals surface area contributed by atoms with Gasteiger partial charge in [-0.05, 0) is 37.8 Å². The van der Waals surface area contributed by atoms with Gasteiger partial charge in [0.1, 0.15) is 12.4 Å². The maximum atomic E-state index is 13.0. The van der Waals surface area contributed by atoms with E-state index in [1.165, 1.54) is 19.3 Å². The van der Waals surface area contributed by atoms with Crippen molar-refractivity contribution < 1.29 is 9.59 Å². The molecular formula is C21H28N4O2. The topological polar surface area (TPSA) is 67.2 Å².